The Morgan fingerprint density at radius 3 is 1.95 bits per heavy atom. The van der Waals surface area contributed by atoms with E-state index in [1.165, 1.54) is 4.90 Å². The normalized spacial score (nSPS) is 25.9. The van der Waals surface area contributed by atoms with Crippen LogP contribution in [0, 0.1) is 5.41 Å². The van der Waals surface area contributed by atoms with Gasteiger partial charge in [-0.1, -0.05) is 12.8 Å². The summed E-state index contributed by atoms with van der Waals surface area (Å²) < 4.78 is 36.9. The van der Waals surface area contributed by atoms with E-state index < -0.39 is 12.7 Å². The number of aliphatic hydroxyl groups is 1. The summed E-state index contributed by atoms with van der Waals surface area (Å²) >= 11 is 0. The van der Waals surface area contributed by atoms with Gasteiger partial charge >= 0.3 is 6.18 Å². The van der Waals surface area contributed by atoms with Crippen LogP contribution < -0.4 is 0 Å². The molecule has 1 saturated carbocycles. The zero-order chi connectivity index (χ0) is 13.9. The third-order valence-electron chi connectivity index (χ3n) is 4.43. The highest BCUT2D eigenvalue weighted by Gasteiger charge is 2.37. The lowest BCUT2D eigenvalue weighted by Gasteiger charge is -2.39. The number of aliphatic hydroxyl groups excluding tert-OH is 1. The van der Waals surface area contributed by atoms with Crippen LogP contribution in [0.25, 0.3) is 0 Å². The highest BCUT2D eigenvalue weighted by Crippen LogP contribution is 2.38. The Bertz CT molecular complexity index is 282. The maximum Gasteiger partial charge on any atom is 0.401 e. The molecule has 112 valence electrons. The number of halogens is 3. The highest BCUT2D eigenvalue weighted by atomic mass is 19.4. The van der Waals surface area contributed by atoms with Gasteiger partial charge in [-0.25, -0.2) is 0 Å². The second-order valence-corrected chi connectivity index (χ2v) is 6.03. The molecule has 0 radical (unpaired) electrons. The van der Waals surface area contributed by atoms with Crippen molar-refractivity contribution in [3.8, 4) is 0 Å². The van der Waals surface area contributed by atoms with E-state index in [-0.39, 0.29) is 12.0 Å². The van der Waals surface area contributed by atoms with Crippen LogP contribution in [0.2, 0.25) is 0 Å². The van der Waals surface area contributed by atoms with Crippen molar-refractivity contribution >= 4 is 0 Å². The average molecular weight is 280 g/mol. The molecule has 1 aliphatic heterocycles. The molecule has 1 aliphatic carbocycles. The zero-order valence-electron chi connectivity index (χ0n) is 11.3. The van der Waals surface area contributed by atoms with Crippen molar-refractivity contribution in [1.29, 1.82) is 0 Å². The monoisotopic (exact) mass is 280 g/mol. The van der Waals surface area contributed by atoms with E-state index >= 15 is 0 Å². The molecular formula is C13H23F3N2O. The van der Waals surface area contributed by atoms with Crippen molar-refractivity contribution < 1.29 is 18.3 Å². The van der Waals surface area contributed by atoms with Gasteiger partial charge in [0.25, 0.3) is 0 Å². The van der Waals surface area contributed by atoms with E-state index in [2.05, 4.69) is 4.90 Å². The van der Waals surface area contributed by atoms with Gasteiger partial charge in [0.05, 0.1) is 6.54 Å². The second-order valence-electron chi connectivity index (χ2n) is 6.03. The van der Waals surface area contributed by atoms with Gasteiger partial charge in [0.2, 0.25) is 0 Å². The molecule has 1 saturated heterocycles. The molecule has 1 heterocycles. The number of rotatable bonds is 4. The maximum absolute atomic E-state index is 12.3. The quantitative estimate of drug-likeness (QED) is 0.849. The first-order valence-electron chi connectivity index (χ1n) is 7.05. The molecule has 2 rings (SSSR count). The molecule has 1 N–H and O–H groups in total. The molecule has 0 spiro atoms. The third kappa shape index (κ3) is 4.33. The summed E-state index contributed by atoms with van der Waals surface area (Å²) in [5.74, 6) is 0. The van der Waals surface area contributed by atoms with Crippen LogP contribution >= 0.6 is 0 Å². The SMILES string of the molecule is OCC1(CN2CCN(CC(F)(F)F)CC2)CCCC1. The molecule has 2 aliphatic rings. The van der Waals surface area contributed by atoms with Crippen LogP contribution in [-0.2, 0) is 0 Å². The fraction of sp³-hybridized carbons (Fsp3) is 1.00. The molecule has 19 heavy (non-hydrogen) atoms. The first kappa shape index (κ1) is 15.1. The van der Waals surface area contributed by atoms with Crippen molar-refractivity contribution in [1.82, 2.24) is 9.80 Å². The van der Waals surface area contributed by atoms with Gasteiger partial charge in [0.15, 0.2) is 0 Å². The number of alkyl halides is 3. The smallest absolute Gasteiger partial charge is 0.396 e. The Morgan fingerprint density at radius 2 is 1.47 bits per heavy atom. The fourth-order valence-electron chi connectivity index (χ4n) is 3.32. The summed E-state index contributed by atoms with van der Waals surface area (Å²) in [7, 11) is 0. The van der Waals surface area contributed by atoms with Crippen molar-refractivity contribution in [3.05, 3.63) is 0 Å². The minimum absolute atomic E-state index is 0.00615. The van der Waals surface area contributed by atoms with Crippen molar-refractivity contribution in [2.24, 2.45) is 5.41 Å². The number of hydrogen-bond donors (Lipinski definition) is 1. The summed E-state index contributed by atoms with van der Waals surface area (Å²) in [5.41, 5.74) is 0.00615. The summed E-state index contributed by atoms with van der Waals surface area (Å²) in [5, 5.41) is 9.57. The molecule has 3 nitrogen and oxygen atoms in total. The lowest BCUT2D eigenvalue weighted by molar-refractivity contribution is -0.149. The predicted octanol–water partition coefficient (Wildman–Crippen LogP) is 1.72. The Kier molecular flexibility index (Phi) is 4.74. The Hall–Kier alpha value is -0.330. The van der Waals surface area contributed by atoms with Gasteiger partial charge in [-0.15, -0.1) is 0 Å². The first-order chi connectivity index (χ1) is 8.92. The molecule has 6 heteroatoms. The standard InChI is InChI=1S/C13H23F3N2O/c14-13(15,16)10-18-7-5-17(6-8-18)9-12(11-19)3-1-2-4-12/h19H,1-11H2. The highest BCUT2D eigenvalue weighted by molar-refractivity contribution is 4.88. The van der Waals surface area contributed by atoms with E-state index in [4.69, 9.17) is 0 Å². The van der Waals surface area contributed by atoms with Gasteiger partial charge in [-0.3, -0.25) is 4.90 Å². The minimum atomic E-state index is -4.10. The van der Waals surface area contributed by atoms with Crippen molar-refractivity contribution in [2.75, 3.05) is 45.9 Å². The maximum atomic E-state index is 12.3. The second kappa shape index (κ2) is 5.97. The molecule has 0 unspecified atom stereocenters. The molecule has 0 amide bonds. The number of hydrogen-bond acceptors (Lipinski definition) is 3. The average Bonchev–Trinajstić information content (AvgIpc) is 2.79. The first-order valence-corrected chi connectivity index (χ1v) is 7.05. The number of nitrogens with zero attached hydrogens (tertiary/aromatic N) is 2. The lowest BCUT2D eigenvalue weighted by Crippen LogP contribution is -2.51. The van der Waals surface area contributed by atoms with Crippen LogP contribution in [0.3, 0.4) is 0 Å². The predicted molar refractivity (Wildman–Crippen MR) is 66.9 cm³/mol. The molecule has 0 bridgehead atoms. The van der Waals surface area contributed by atoms with Crippen LogP contribution in [0.4, 0.5) is 13.2 Å². The Morgan fingerprint density at radius 1 is 0.947 bits per heavy atom. The topological polar surface area (TPSA) is 26.7 Å². The lowest BCUT2D eigenvalue weighted by atomic mass is 9.86. The molecule has 0 aromatic rings. The third-order valence-corrected chi connectivity index (χ3v) is 4.43. The summed E-state index contributed by atoms with van der Waals surface area (Å²) in [6.07, 6.45) is 0.321. The Balaban J connectivity index is 1.77. The number of piperazine rings is 1. The molecule has 0 atom stereocenters. The van der Waals surface area contributed by atoms with Gasteiger partial charge in [0, 0.05) is 44.7 Å². The summed E-state index contributed by atoms with van der Waals surface area (Å²) in [6.45, 7) is 2.54. The van der Waals surface area contributed by atoms with Crippen LogP contribution in [0.15, 0.2) is 0 Å². The van der Waals surface area contributed by atoms with Crippen molar-refractivity contribution in [3.63, 3.8) is 0 Å². The molecular weight excluding hydrogens is 257 g/mol. The van der Waals surface area contributed by atoms with E-state index in [1.807, 2.05) is 0 Å². The fourth-order valence-corrected chi connectivity index (χ4v) is 3.32. The van der Waals surface area contributed by atoms with Gasteiger partial charge < -0.3 is 10.0 Å². The van der Waals surface area contributed by atoms with Gasteiger partial charge in [-0.2, -0.15) is 13.2 Å². The Labute approximate surface area is 112 Å². The van der Waals surface area contributed by atoms with E-state index in [0.717, 1.165) is 32.2 Å². The molecule has 0 aromatic heterocycles. The van der Waals surface area contributed by atoms with Crippen molar-refractivity contribution in [2.45, 2.75) is 31.9 Å². The summed E-state index contributed by atoms with van der Waals surface area (Å²) in [4.78, 5) is 3.69. The van der Waals surface area contributed by atoms with Crippen LogP contribution in [0.1, 0.15) is 25.7 Å². The van der Waals surface area contributed by atoms with E-state index in [1.54, 1.807) is 0 Å². The van der Waals surface area contributed by atoms with E-state index in [0.29, 0.717) is 26.2 Å². The van der Waals surface area contributed by atoms with Gasteiger partial charge in [-0.05, 0) is 12.8 Å². The van der Waals surface area contributed by atoms with Crippen LogP contribution in [0.5, 0.6) is 0 Å². The zero-order valence-corrected chi connectivity index (χ0v) is 11.3. The minimum Gasteiger partial charge on any atom is -0.396 e. The molecule has 2 fully saturated rings. The molecule has 0 aromatic carbocycles. The summed E-state index contributed by atoms with van der Waals surface area (Å²) in [6, 6.07) is 0. The largest absolute Gasteiger partial charge is 0.401 e. The van der Waals surface area contributed by atoms with Gasteiger partial charge in [0.1, 0.15) is 0 Å². The van der Waals surface area contributed by atoms with E-state index in [9.17, 15) is 18.3 Å². The van der Waals surface area contributed by atoms with Crippen LogP contribution in [-0.4, -0.2) is 67.0 Å².